The summed E-state index contributed by atoms with van der Waals surface area (Å²) < 4.78 is 68.4. The summed E-state index contributed by atoms with van der Waals surface area (Å²) in [7, 11) is -9.96. The number of phosphoric acid groups is 2. The highest BCUT2D eigenvalue weighted by atomic mass is 31.2. The quantitative estimate of drug-likeness (QED) is 0.0169. The summed E-state index contributed by atoms with van der Waals surface area (Å²) >= 11 is 0. The summed E-state index contributed by atoms with van der Waals surface area (Å²) in [6.07, 6.45) is 72.0. The maximum absolute atomic E-state index is 13.1. The Balaban J connectivity index is 5.38. The number of aliphatic hydroxyl groups is 1. The van der Waals surface area contributed by atoms with Crippen molar-refractivity contribution in [2.75, 3.05) is 39.6 Å². The van der Waals surface area contributed by atoms with Gasteiger partial charge in [-0.25, -0.2) is 9.13 Å². The first-order chi connectivity index (χ1) is 47.7. The molecule has 0 saturated heterocycles. The summed E-state index contributed by atoms with van der Waals surface area (Å²) in [4.78, 5) is 72.8. The van der Waals surface area contributed by atoms with Crippen LogP contribution < -0.4 is 0 Å². The van der Waals surface area contributed by atoms with Crippen molar-refractivity contribution < 1.29 is 80.2 Å². The molecule has 0 aromatic heterocycles. The lowest BCUT2D eigenvalue weighted by atomic mass is 10.0. The van der Waals surface area contributed by atoms with E-state index in [-0.39, 0.29) is 25.7 Å². The second kappa shape index (κ2) is 71.9. The molecule has 0 amide bonds. The molecule has 98 heavy (non-hydrogen) atoms. The van der Waals surface area contributed by atoms with Crippen molar-refractivity contribution in [3.63, 3.8) is 0 Å². The first-order valence-corrected chi connectivity index (χ1v) is 42.2. The molecule has 0 radical (unpaired) electrons. The Bertz CT molecular complexity index is 2140. The molecule has 0 fully saturated rings. The number of rotatable bonds is 74. The highest BCUT2D eigenvalue weighted by Gasteiger charge is 2.30. The molecule has 0 bridgehead atoms. The highest BCUT2D eigenvalue weighted by molar-refractivity contribution is 7.47. The number of carbonyl (C=O) groups excluding carboxylic acids is 4. The molecule has 0 aliphatic rings. The lowest BCUT2D eigenvalue weighted by Crippen LogP contribution is -2.30. The van der Waals surface area contributed by atoms with E-state index in [1.54, 1.807) is 6.08 Å². The minimum atomic E-state index is -4.99. The standard InChI is InChI=1S/C79H142O17P2/c1-5-9-13-17-21-25-29-33-36-40-43-47-51-55-59-63-76(81)89-69-74(95-78(83)65-61-57-53-49-45-39-32-28-24-20-16-12-8-4)71-93-97(85,86)91-67-73(80)68-92-98(87,88)94-72-75(96-79(84)66-62-58-54-50-46-42-38-35-31-27-23-19-15-11-7-3)70-90-77(82)64-60-56-52-48-44-41-37-34-30-26-22-18-14-10-6-2/h10,14,22,26,34-35,37-38,44,48,56,60,73-75,80H,5-9,11-13,15-21,23-25,27-33,36,39-43,45-47,49-55,57-59,61-72H2,1-4H3,(H,85,86)(H,87,88)/b14-10-,26-22-,37-34-,38-35-,48-44-,60-56-. The molecule has 0 aliphatic heterocycles. The third-order valence-corrected chi connectivity index (χ3v) is 18.6. The lowest BCUT2D eigenvalue weighted by Gasteiger charge is -2.21. The van der Waals surface area contributed by atoms with Gasteiger partial charge in [0.1, 0.15) is 19.3 Å². The average molecular weight is 1430 g/mol. The van der Waals surface area contributed by atoms with Crippen molar-refractivity contribution >= 4 is 39.5 Å². The molecule has 0 aliphatic carbocycles. The minimum Gasteiger partial charge on any atom is -0.462 e. The Hall–Kier alpha value is -3.50. The minimum absolute atomic E-state index is 0.0684. The molecule has 570 valence electrons. The van der Waals surface area contributed by atoms with Crippen molar-refractivity contribution in [2.24, 2.45) is 0 Å². The fourth-order valence-electron chi connectivity index (χ4n) is 10.8. The number of allylic oxidation sites excluding steroid dienone is 11. The molecule has 17 nitrogen and oxygen atoms in total. The molecule has 19 heteroatoms. The van der Waals surface area contributed by atoms with Gasteiger partial charge in [-0.1, -0.05) is 319 Å². The number of hydrogen-bond acceptors (Lipinski definition) is 15. The molecule has 0 rings (SSSR count). The van der Waals surface area contributed by atoms with Crippen molar-refractivity contribution in [3.05, 3.63) is 72.9 Å². The number of ether oxygens (including phenoxy) is 4. The molecule has 5 unspecified atom stereocenters. The van der Waals surface area contributed by atoms with Crippen LogP contribution in [0.15, 0.2) is 72.9 Å². The van der Waals surface area contributed by atoms with Crippen LogP contribution in [-0.4, -0.2) is 96.7 Å². The van der Waals surface area contributed by atoms with Crippen LogP contribution in [0.5, 0.6) is 0 Å². The summed E-state index contributed by atoms with van der Waals surface area (Å²) in [6, 6.07) is 0. The SMILES string of the molecule is CC/C=C\C/C=C\C/C=C\C/C=C\C/C=C\CC(=O)OCC(COP(=O)(O)OCC(O)COP(=O)(O)OCC(COC(=O)CCCCCCCCCCCCCCCCC)OC(=O)CCCCCCCCCCCCCCC)OC(=O)CCCCCCC/C=C\CCCCCCCC. The van der Waals surface area contributed by atoms with Gasteiger partial charge < -0.3 is 33.8 Å². The number of aliphatic hydroxyl groups excluding tert-OH is 1. The van der Waals surface area contributed by atoms with Crippen LogP contribution in [0.4, 0.5) is 0 Å². The molecule has 0 spiro atoms. The topological polar surface area (TPSA) is 237 Å². The van der Waals surface area contributed by atoms with E-state index in [1.165, 1.54) is 161 Å². The molecule has 0 heterocycles. The largest absolute Gasteiger partial charge is 0.472 e. The van der Waals surface area contributed by atoms with Crippen molar-refractivity contribution in [1.29, 1.82) is 0 Å². The first-order valence-electron chi connectivity index (χ1n) is 39.2. The van der Waals surface area contributed by atoms with E-state index in [1.807, 2.05) is 18.2 Å². The first kappa shape index (κ1) is 94.5. The van der Waals surface area contributed by atoms with E-state index in [0.29, 0.717) is 25.7 Å². The number of esters is 4. The predicted octanol–water partition coefficient (Wildman–Crippen LogP) is 22.4. The second-order valence-electron chi connectivity index (χ2n) is 26.3. The van der Waals surface area contributed by atoms with Crippen LogP contribution in [-0.2, 0) is 65.4 Å². The fraction of sp³-hybridized carbons (Fsp3) is 0.797. The summed E-state index contributed by atoms with van der Waals surface area (Å²) in [6.45, 7) is 4.69. The zero-order valence-electron chi connectivity index (χ0n) is 62.2. The van der Waals surface area contributed by atoms with E-state index < -0.39 is 97.5 Å². The molecule has 3 N–H and O–H groups in total. The van der Waals surface area contributed by atoms with Crippen LogP contribution in [0, 0.1) is 0 Å². The van der Waals surface area contributed by atoms with Gasteiger partial charge in [0.2, 0.25) is 0 Å². The van der Waals surface area contributed by atoms with E-state index in [2.05, 4.69) is 76.3 Å². The Kier molecular flexibility index (Phi) is 69.3. The normalized spacial score (nSPS) is 14.3. The number of phosphoric ester groups is 2. The predicted molar refractivity (Wildman–Crippen MR) is 400 cm³/mol. The maximum Gasteiger partial charge on any atom is 0.472 e. The summed E-state index contributed by atoms with van der Waals surface area (Å²) in [5.41, 5.74) is 0. The van der Waals surface area contributed by atoms with Crippen LogP contribution in [0.3, 0.4) is 0 Å². The zero-order chi connectivity index (χ0) is 71.8. The van der Waals surface area contributed by atoms with E-state index in [0.717, 1.165) is 109 Å². The van der Waals surface area contributed by atoms with Gasteiger partial charge in [0.25, 0.3) is 0 Å². The Morgan fingerprint density at radius 3 is 0.898 bits per heavy atom. The van der Waals surface area contributed by atoms with Gasteiger partial charge in [-0.15, -0.1) is 0 Å². The van der Waals surface area contributed by atoms with Crippen LogP contribution in [0.25, 0.3) is 0 Å². The van der Waals surface area contributed by atoms with E-state index >= 15 is 0 Å². The zero-order valence-corrected chi connectivity index (χ0v) is 64.0. The van der Waals surface area contributed by atoms with E-state index in [4.69, 9.17) is 37.0 Å². The summed E-state index contributed by atoms with van der Waals surface area (Å²) in [5.74, 6) is -2.30. The molecule has 0 saturated carbocycles. The monoisotopic (exact) mass is 1420 g/mol. The van der Waals surface area contributed by atoms with Gasteiger partial charge in [-0.2, -0.15) is 0 Å². The van der Waals surface area contributed by atoms with E-state index in [9.17, 15) is 43.2 Å². The Labute approximate surface area is 596 Å². The van der Waals surface area contributed by atoms with Gasteiger partial charge in [-0.3, -0.25) is 37.3 Å². The van der Waals surface area contributed by atoms with Crippen molar-refractivity contribution in [1.82, 2.24) is 0 Å². The van der Waals surface area contributed by atoms with Gasteiger partial charge in [0, 0.05) is 19.3 Å². The van der Waals surface area contributed by atoms with Crippen LogP contribution >= 0.6 is 15.6 Å². The average Bonchev–Trinajstić information content (AvgIpc) is 1.04. The Morgan fingerprint density at radius 1 is 0.306 bits per heavy atom. The van der Waals surface area contributed by atoms with Crippen molar-refractivity contribution in [3.8, 4) is 0 Å². The fourth-order valence-corrected chi connectivity index (χ4v) is 12.3. The third-order valence-electron chi connectivity index (χ3n) is 16.7. The molecule has 0 aromatic rings. The number of carbonyl (C=O) groups is 4. The third kappa shape index (κ3) is 70.9. The Morgan fingerprint density at radius 2 is 0.571 bits per heavy atom. The van der Waals surface area contributed by atoms with Crippen LogP contribution in [0.1, 0.15) is 349 Å². The molecule has 5 atom stereocenters. The van der Waals surface area contributed by atoms with Crippen molar-refractivity contribution in [2.45, 2.75) is 367 Å². The summed E-state index contributed by atoms with van der Waals surface area (Å²) in [5, 5.41) is 10.6. The van der Waals surface area contributed by atoms with Gasteiger partial charge in [0.05, 0.1) is 32.8 Å². The van der Waals surface area contributed by atoms with Gasteiger partial charge in [0.15, 0.2) is 12.2 Å². The number of hydrogen-bond donors (Lipinski definition) is 3. The second-order valence-corrected chi connectivity index (χ2v) is 29.2. The van der Waals surface area contributed by atoms with Gasteiger partial charge >= 0.3 is 39.5 Å². The maximum atomic E-state index is 13.1. The molecule has 0 aromatic carbocycles. The lowest BCUT2D eigenvalue weighted by molar-refractivity contribution is -0.161. The smallest absolute Gasteiger partial charge is 0.462 e. The van der Waals surface area contributed by atoms with Gasteiger partial charge in [-0.05, 0) is 77.0 Å². The van der Waals surface area contributed by atoms with Crippen LogP contribution in [0.2, 0.25) is 0 Å². The molecular formula is C79H142O17P2. The highest BCUT2D eigenvalue weighted by Crippen LogP contribution is 2.45. The molecular weight excluding hydrogens is 1280 g/mol. The number of unbranched alkanes of at least 4 members (excludes halogenated alkanes) is 37.